The molecule has 0 radical (unpaired) electrons. The summed E-state index contributed by atoms with van der Waals surface area (Å²) in [4.78, 5) is 7.24. The van der Waals surface area contributed by atoms with E-state index < -0.39 is 0 Å². The van der Waals surface area contributed by atoms with Gasteiger partial charge in [0, 0.05) is 30.6 Å². The first-order valence-electron chi connectivity index (χ1n) is 8.13. The number of ether oxygens (including phenoxy) is 3. The van der Waals surface area contributed by atoms with E-state index in [1.165, 1.54) is 0 Å². The van der Waals surface area contributed by atoms with E-state index in [0.717, 1.165) is 47.5 Å². The molecule has 2 atom stereocenters. The summed E-state index contributed by atoms with van der Waals surface area (Å²) in [7, 11) is 3.32. The zero-order chi connectivity index (χ0) is 17.1. The Balaban J connectivity index is 1.78. The molecule has 5 nitrogen and oxygen atoms in total. The zero-order valence-electron chi connectivity index (χ0n) is 14.6. The Morgan fingerprint density at radius 2 is 2.12 bits per heavy atom. The van der Waals surface area contributed by atoms with Crippen LogP contribution in [0.3, 0.4) is 0 Å². The molecular weight excluding hydrogens is 324 g/mol. The number of aromatic nitrogens is 1. The van der Waals surface area contributed by atoms with Crippen molar-refractivity contribution in [2.45, 2.75) is 32.5 Å². The van der Waals surface area contributed by atoms with Gasteiger partial charge in [-0.1, -0.05) is 0 Å². The Kier molecular flexibility index (Phi) is 5.38. The Morgan fingerprint density at radius 1 is 1.29 bits per heavy atom. The first-order chi connectivity index (χ1) is 11.6. The molecule has 1 aliphatic heterocycles. The molecule has 6 heteroatoms. The third-order valence-electron chi connectivity index (χ3n) is 4.29. The van der Waals surface area contributed by atoms with E-state index in [0.29, 0.717) is 6.04 Å². The minimum Gasteiger partial charge on any atom is -0.497 e. The van der Waals surface area contributed by atoms with Crippen LogP contribution in [0.15, 0.2) is 23.6 Å². The smallest absolute Gasteiger partial charge is 0.132 e. The summed E-state index contributed by atoms with van der Waals surface area (Å²) in [5.74, 6) is 1.56. The predicted molar refractivity (Wildman–Crippen MR) is 95.9 cm³/mol. The molecule has 1 fully saturated rings. The van der Waals surface area contributed by atoms with E-state index in [2.05, 4.69) is 24.1 Å². The van der Waals surface area contributed by atoms with Crippen LogP contribution in [0, 0.1) is 0 Å². The van der Waals surface area contributed by atoms with Crippen molar-refractivity contribution in [3.8, 4) is 22.1 Å². The summed E-state index contributed by atoms with van der Waals surface area (Å²) >= 11 is 1.65. The van der Waals surface area contributed by atoms with Gasteiger partial charge < -0.3 is 14.2 Å². The number of morpholine rings is 1. The maximum atomic E-state index is 5.70. The molecule has 0 aliphatic carbocycles. The molecule has 2 heterocycles. The number of benzene rings is 1. The summed E-state index contributed by atoms with van der Waals surface area (Å²) in [5, 5.41) is 3.10. The zero-order valence-corrected chi connectivity index (χ0v) is 15.4. The molecule has 0 bridgehead atoms. The van der Waals surface area contributed by atoms with Crippen LogP contribution in [0.4, 0.5) is 0 Å². The van der Waals surface area contributed by atoms with Crippen molar-refractivity contribution < 1.29 is 14.2 Å². The van der Waals surface area contributed by atoms with Gasteiger partial charge in [-0.15, -0.1) is 11.3 Å². The molecule has 2 aromatic rings. The fourth-order valence-corrected chi connectivity index (χ4v) is 3.72. The number of thiazole rings is 1. The van der Waals surface area contributed by atoms with Crippen molar-refractivity contribution in [1.82, 2.24) is 9.88 Å². The summed E-state index contributed by atoms with van der Waals surface area (Å²) in [6.07, 6.45) is 0.279. The molecule has 1 aromatic heterocycles. The van der Waals surface area contributed by atoms with Gasteiger partial charge in [0.05, 0.1) is 38.2 Å². The maximum absolute atomic E-state index is 5.70. The first kappa shape index (κ1) is 17.2. The average molecular weight is 348 g/mol. The molecule has 3 rings (SSSR count). The van der Waals surface area contributed by atoms with Gasteiger partial charge in [0.25, 0.3) is 0 Å². The van der Waals surface area contributed by atoms with Crippen molar-refractivity contribution in [2.75, 3.05) is 27.4 Å². The minimum absolute atomic E-state index is 0.279. The van der Waals surface area contributed by atoms with E-state index in [4.69, 9.17) is 19.2 Å². The van der Waals surface area contributed by atoms with Crippen LogP contribution >= 0.6 is 11.3 Å². The van der Waals surface area contributed by atoms with Crippen molar-refractivity contribution >= 4 is 11.3 Å². The van der Waals surface area contributed by atoms with Gasteiger partial charge in [0.2, 0.25) is 0 Å². The molecular formula is C18H24N2O3S. The Bertz CT molecular complexity index is 689. The first-order valence-corrected chi connectivity index (χ1v) is 9.01. The topological polar surface area (TPSA) is 43.8 Å². The third kappa shape index (κ3) is 3.71. The fraction of sp³-hybridized carbons (Fsp3) is 0.500. The van der Waals surface area contributed by atoms with Crippen LogP contribution < -0.4 is 9.47 Å². The molecule has 1 aromatic carbocycles. The Labute approximate surface area is 147 Å². The Hall–Kier alpha value is -1.63. The average Bonchev–Trinajstić information content (AvgIpc) is 3.05. The third-order valence-corrected chi connectivity index (χ3v) is 5.22. The highest BCUT2D eigenvalue weighted by Crippen LogP contribution is 2.35. The normalized spacial score (nSPS) is 21.7. The highest BCUT2D eigenvalue weighted by atomic mass is 32.1. The van der Waals surface area contributed by atoms with E-state index in [-0.39, 0.29) is 6.10 Å². The number of rotatable bonds is 5. The molecule has 0 amide bonds. The maximum Gasteiger partial charge on any atom is 0.132 e. The summed E-state index contributed by atoms with van der Waals surface area (Å²) in [5.41, 5.74) is 2.09. The van der Waals surface area contributed by atoms with Gasteiger partial charge in [-0.2, -0.15) is 0 Å². The summed E-state index contributed by atoms with van der Waals surface area (Å²) < 4.78 is 16.4. The fourth-order valence-electron chi connectivity index (χ4n) is 2.88. The van der Waals surface area contributed by atoms with Crippen molar-refractivity contribution in [1.29, 1.82) is 0 Å². The van der Waals surface area contributed by atoms with Gasteiger partial charge in [0.15, 0.2) is 0 Å². The molecule has 24 heavy (non-hydrogen) atoms. The monoisotopic (exact) mass is 348 g/mol. The Morgan fingerprint density at radius 3 is 2.88 bits per heavy atom. The van der Waals surface area contributed by atoms with E-state index >= 15 is 0 Å². The second-order valence-electron chi connectivity index (χ2n) is 6.13. The lowest BCUT2D eigenvalue weighted by Crippen LogP contribution is -2.46. The highest BCUT2D eigenvalue weighted by Gasteiger charge is 2.24. The highest BCUT2D eigenvalue weighted by molar-refractivity contribution is 7.13. The second kappa shape index (κ2) is 7.51. The van der Waals surface area contributed by atoms with Crippen LogP contribution in [0.1, 0.15) is 19.5 Å². The van der Waals surface area contributed by atoms with Crippen LogP contribution in [0.25, 0.3) is 10.6 Å². The van der Waals surface area contributed by atoms with Gasteiger partial charge in [-0.3, -0.25) is 4.90 Å². The number of hydrogen-bond donors (Lipinski definition) is 0. The van der Waals surface area contributed by atoms with Crippen molar-refractivity contribution in [3.05, 3.63) is 29.3 Å². The SMILES string of the molecule is COc1ccc(-c2nc(CN3C[C@H](C)OC[C@@H]3C)cs2)c(OC)c1. The summed E-state index contributed by atoms with van der Waals surface area (Å²) in [6.45, 7) is 6.90. The molecule has 0 saturated carbocycles. The van der Waals surface area contributed by atoms with Crippen LogP contribution in [0.5, 0.6) is 11.5 Å². The van der Waals surface area contributed by atoms with Crippen LogP contribution in [0.2, 0.25) is 0 Å². The summed E-state index contributed by atoms with van der Waals surface area (Å²) in [6, 6.07) is 6.24. The van der Waals surface area contributed by atoms with Crippen molar-refractivity contribution in [3.63, 3.8) is 0 Å². The van der Waals surface area contributed by atoms with Crippen molar-refractivity contribution in [2.24, 2.45) is 0 Å². The minimum atomic E-state index is 0.279. The van der Waals surface area contributed by atoms with E-state index in [9.17, 15) is 0 Å². The van der Waals surface area contributed by atoms with Gasteiger partial charge in [0.1, 0.15) is 16.5 Å². The lowest BCUT2D eigenvalue weighted by Gasteiger charge is -2.36. The number of methoxy groups -OCH3 is 2. The molecule has 1 aliphatic rings. The molecule has 0 unspecified atom stereocenters. The second-order valence-corrected chi connectivity index (χ2v) is 6.99. The van der Waals surface area contributed by atoms with Crippen LogP contribution in [-0.2, 0) is 11.3 Å². The molecule has 1 saturated heterocycles. The van der Waals surface area contributed by atoms with Gasteiger partial charge >= 0.3 is 0 Å². The molecule has 130 valence electrons. The molecule has 0 spiro atoms. The number of nitrogens with zero attached hydrogens (tertiary/aromatic N) is 2. The number of hydrogen-bond acceptors (Lipinski definition) is 6. The van der Waals surface area contributed by atoms with Crippen LogP contribution in [-0.4, -0.2) is 49.4 Å². The lowest BCUT2D eigenvalue weighted by molar-refractivity contribution is -0.0530. The lowest BCUT2D eigenvalue weighted by atomic mass is 10.2. The standard InChI is InChI=1S/C18H24N2O3S/c1-12-10-23-13(2)8-20(12)9-14-11-24-18(19-14)16-6-5-15(21-3)7-17(16)22-4/h5-7,11-13H,8-10H2,1-4H3/t12-,13-/m0/s1. The quantitative estimate of drug-likeness (QED) is 0.828. The predicted octanol–water partition coefficient (Wildman–Crippen LogP) is 3.44. The molecule has 0 N–H and O–H groups in total. The largest absolute Gasteiger partial charge is 0.497 e. The van der Waals surface area contributed by atoms with Gasteiger partial charge in [-0.25, -0.2) is 4.98 Å². The van der Waals surface area contributed by atoms with E-state index in [1.54, 1.807) is 25.6 Å². The van der Waals surface area contributed by atoms with Gasteiger partial charge in [-0.05, 0) is 26.0 Å². The van der Waals surface area contributed by atoms with E-state index in [1.807, 2.05) is 18.2 Å².